The number of hydrogen-bond donors (Lipinski definition) is 1. The molecule has 1 atom stereocenters. The van der Waals surface area contributed by atoms with Gasteiger partial charge >= 0.3 is 0 Å². The summed E-state index contributed by atoms with van der Waals surface area (Å²) in [5.41, 5.74) is 6.49. The van der Waals surface area contributed by atoms with Gasteiger partial charge in [0.25, 0.3) is 0 Å². The fraction of sp³-hybridized carbons (Fsp3) is 0.625. The normalized spacial score (nSPS) is 29.9. The summed E-state index contributed by atoms with van der Waals surface area (Å²) < 4.78 is 0. The number of nitriles is 1. The van der Waals surface area contributed by atoms with Gasteiger partial charge in [0.1, 0.15) is 0 Å². The molecule has 2 heteroatoms. The summed E-state index contributed by atoms with van der Waals surface area (Å²) in [6.07, 6.45) is 6.00. The molecule has 0 radical (unpaired) electrons. The lowest BCUT2D eigenvalue weighted by atomic mass is 9.86. The first-order valence-corrected chi connectivity index (χ1v) is 3.68. The Morgan fingerprint density at radius 3 is 2.90 bits per heavy atom. The molecule has 0 spiro atoms. The van der Waals surface area contributed by atoms with Crippen LogP contribution in [-0.4, -0.2) is 0 Å². The van der Waals surface area contributed by atoms with Crippen LogP contribution in [0.1, 0.15) is 25.7 Å². The van der Waals surface area contributed by atoms with Crippen LogP contribution in [0.5, 0.6) is 0 Å². The topological polar surface area (TPSA) is 49.8 Å². The zero-order chi connectivity index (χ0) is 7.40. The van der Waals surface area contributed by atoms with E-state index in [1.807, 2.05) is 0 Å². The molecule has 1 unspecified atom stereocenters. The molecule has 0 saturated heterocycles. The van der Waals surface area contributed by atoms with Gasteiger partial charge < -0.3 is 5.73 Å². The third-order valence-electron chi connectivity index (χ3n) is 2.03. The van der Waals surface area contributed by atoms with Crippen molar-refractivity contribution in [2.75, 3.05) is 0 Å². The molecular weight excluding hydrogens is 124 g/mol. The third-order valence-corrected chi connectivity index (χ3v) is 2.03. The van der Waals surface area contributed by atoms with Crippen molar-refractivity contribution in [3.63, 3.8) is 0 Å². The van der Waals surface area contributed by atoms with Crippen molar-refractivity contribution in [3.05, 3.63) is 11.8 Å². The first-order chi connectivity index (χ1) is 4.88. The number of allylic oxidation sites excluding steroid dienone is 1. The zero-order valence-corrected chi connectivity index (χ0v) is 6.01. The van der Waals surface area contributed by atoms with E-state index in [4.69, 9.17) is 11.0 Å². The average molecular weight is 136 g/mol. The van der Waals surface area contributed by atoms with Crippen LogP contribution in [0, 0.1) is 17.2 Å². The quantitative estimate of drug-likeness (QED) is 0.549. The Labute approximate surface area is 61.3 Å². The highest BCUT2D eigenvalue weighted by molar-refractivity contribution is 5.14. The molecule has 0 aliphatic heterocycles. The fourth-order valence-corrected chi connectivity index (χ4v) is 1.38. The van der Waals surface area contributed by atoms with Crippen molar-refractivity contribution < 1.29 is 0 Å². The van der Waals surface area contributed by atoms with Gasteiger partial charge in [-0.05, 0) is 31.0 Å². The summed E-state index contributed by atoms with van der Waals surface area (Å²) >= 11 is 0. The molecule has 1 fully saturated rings. The standard InChI is InChI=1S/C8H12N2/c9-5-7-3-1-2-4-8(7)6-10/h5,8H,1-4,9H2. The second kappa shape index (κ2) is 3.26. The highest BCUT2D eigenvalue weighted by Crippen LogP contribution is 2.27. The predicted octanol–water partition coefficient (Wildman–Crippen LogP) is 1.54. The van der Waals surface area contributed by atoms with E-state index in [9.17, 15) is 0 Å². The molecule has 1 saturated carbocycles. The van der Waals surface area contributed by atoms with Crippen molar-refractivity contribution in [3.8, 4) is 6.07 Å². The Kier molecular flexibility index (Phi) is 2.33. The van der Waals surface area contributed by atoms with Crippen molar-refractivity contribution in [2.24, 2.45) is 11.7 Å². The van der Waals surface area contributed by atoms with Crippen LogP contribution >= 0.6 is 0 Å². The molecular formula is C8H12N2. The second-order valence-electron chi connectivity index (χ2n) is 2.67. The highest BCUT2D eigenvalue weighted by atomic mass is 14.5. The van der Waals surface area contributed by atoms with E-state index in [1.54, 1.807) is 6.20 Å². The minimum Gasteiger partial charge on any atom is -0.405 e. The average Bonchev–Trinajstić information content (AvgIpc) is 2.04. The molecule has 2 N–H and O–H groups in total. The van der Waals surface area contributed by atoms with E-state index in [2.05, 4.69) is 6.07 Å². The molecule has 0 aromatic carbocycles. The van der Waals surface area contributed by atoms with Gasteiger partial charge in [-0.3, -0.25) is 0 Å². The SMILES string of the molecule is N#CC1CCCCC1=CN. The Bertz CT molecular complexity index is 176. The van der Waals surface area contributed by atoms with E-state index in [0.29, 0.717) is 0 Å². The van der Waals surface area contributed by atoms with Gasteiger partial charge in [0.05, 0.1) is 12.0 Å². The number of nitrogens with two attached hydrogens (primary N) is 1. The van der Waals surface area contributed by atoms with Gasteiger partial charge in [0.2, 0.25) is 0 Å². The van der Waals surface area contributed by atoms with Crippen molar-refractivity contribution in [1.82, 2.24) is 0 Å². The van der Waals surface area contributed by atoms with E-state index in [1.165, 1.54) is 12.8 Å². The van der Waals surface area contributed by atoms with Crippen molar-refractivity contribution in [2.45, 2.75) is 25.7 Å². The smallest absolute Gasteiger partial charge is 0.0701 e. The van der Waals surface area contributed by atoms with Gasteiger partial charge in [-0.15, -0.1) is 0 Å². The summed E-state index contributed by atoms with van der Waals surface area (Å²) in [4.78, 5) is 0. The Balaban J connectivity index is 2.62. The minimum absolute atomic E-state index is 0.110. The molecule has 0 amide bonds. The van der Waals surface area contributed by atoms with Crippen LogP contribution in [0.25, 0.3) is 0 Å². The first kappa shape index (κ1) is 7.14. The largest absolute Gasteiger partial charge is 0.405 e. The van der Waals surface area contributed by atoms with Gasteiger partial charge in [-0.2, -0.15) is 5.26 Å². The van der Waals surface area contributed by atoms with Crippen molar-refractivity contribution in [1.29, 1.82) is 5.26 Å². The first-order valence-electron chi connectivity index (χ1n) is 3.68. The molecule has 0 heterocycles. The maximum Gasteiger partial charge on any atom is 0.0701 e. The Morgan fingerprint density at radius 1 is 1.60 bits per heavy atom. The highest BCUT2D eigenvalue weighted by Gasteiger charge is 2.16. The lowest BCUT2D eigenvalue weighted by Crippen LogP contribution is -2.09. The monoisotopic (exact) mass is 136 g/mol. The Morgan fingerprint density at radius 2 is 2.40 bits per heavy atom. The van der Waals surface area contributed by atoms with Gasteiger partial charge in [0.15, 0.2) is 0 Å². The third kappa shape index (κ3) is 1.30. The van der Waals surface area contributed by atoms with Gasteiger partial charge in [-0.1, -0.05) is 6.42 Å². The fourth-order valence-electron chi connectivity index (χ4n) is 1.38. The molecule has 1 aliphatic carbocycles. The summed E-state index contributed by atoms with van der Waals surface area (Å²) in [6.45, 7) is 0. The Hall–Kier alpha value is -0.970. The molecule has 1 aliphatic rings. The molecule has 54 valence electrons. The van der Waals surface area contributed by atoms with E-state index in [-0.39, 0.29) is 5.92 Å². The van der Waals surface area contributed by atoms with Crippen LogP contribution in [0.3, 0.4) is 0 Å². The molecule has 10 heavy (non-hydrogen) atoms. The van der Waals surface area contributed by atoms with Crippen LogP contribution in [0.15, 0.2) is 11.8 Å². The van der Waals surface area contributed by atoms with E-state index in [0.717, 1.165) is 18.4 Å². The van der Waals surface area contributed by atoms with Crippen molar-refractivity contribution >= 4 is 0 Å². The second-order valence-corrected chi connectivity index (χ2v) is 2.67. The lowest BCUT2D eigenvalue weighted by molar-refractivity contribution is 0.525. The minimum atomic E-state index is 0.110. The number of hydrogen-bond acceptors (Lipinski definition) is 2. The summed E-state index contributed by atoms with van der Waals surface area (Å²) in [6, 6.07) is 2.26. The molecule has 0 aromatic rings. The summed E-state index contributed by atoms with van der Waals surface area (Å²) in [7, 11) is 0. The summed E-state index contributed by atoms with van der Waals surface area (Å²) in [5, 5.41) is 8.65. The number of nitrogens with zero attached hydrogens (tertiary/aromatic N) is 1. The van der Waals surface area contributed by atoms with Crippen LogP contribution < -0.4 is 5.73 Å². The van der Waals surface area contributed by atoms with Crippen LogP contribution in [0.2, 0.25) is 0 Å². The lowest BCUT2D eigenvalue weighted by Gasteiger charge is -2.18. The van der Waals surface area contributed by atoms with E-state index < -0.39 is 0 Å². The van der Waals surface area contributed by atoms with Crippen LogP contribution in [-0.2, 0) is 0 Å². The number of rotatable bonds is 0. The molecule has 0 bridgehead atoms. The maximum absolute atomic E-state index is 8.65. The van der Waals surface area contributed by atoms with E-state index >= 15 is 0 Å². The van der Waals surface area contributed by atoms with Gasteiger partial charge in [0, 0.05) is 0 Å². The van der Waals surface area contributed by atoms with Crippen LogP contribution in [0.4, 0.5) is 0 Å². The summed E-state index contributed by atoms with van der Waals surface area (Å²) in [5.74, 6) is 0.110. The molecule has 1 rings (SSSR count). The van der Waals surface area contributed by atoms with Gasteiger partial charge in [-0.25, -0.2) is 0 Å². The zero-order valence-electron chi connectivity index (χ0n) is 6.01. The molecule has 2 nitrogen and oxygen atoms in total. The predicted molar refractivity (Wildman–Crippen MR) is 39.8 cm³/mol. The molecule has 0 aromatic heterocycles. The maximum atomic E-state index is 8.65.